The van der Waals surface area contributed by atoms with Crippen LogP contribution in [0.2, 0.25) is 0 Å². The van der Waals surface area contributed by atoms with Gasteiger partial charge in [0.2, 0.25) is 15.5 Å². The van der Waals surface area contributed by atoms with Crippen molar-refractivity contribution in [3.63, 3.8) is 0 Å². The lowest BCUT2D eigenvalue weighted by atomic mass is 9.94. The highest BCUT2D eigenvalue weighted by Gasteiger charge is 2.32. The Hall–Kier alpha value is -2.19. The Morgan fingerprint density at radius 3 is 2.45 bits per heavy atom. The van der Waals surface area contributed by atoms with Crippen molar-refractivity contribution in [1.29, 1.82) is 0 Å². The molecule has 0 saturated carbocycles. The smallest absolute Gasteiger partial charge is 0.256 e. The van der Waals surface area contributed by atoms with Crippen LogP contribution in [0.25, 0.3) is 10.9 Å². The van der Waals surface area contributed by atoms with Gasteiger partial charge in [-0.1, -0.05) is 27.7 Å². The van der Waals surface area contributed by atoms with Crippen LogP contribution in [0.4, 0.5) is 0 Å². The highest BCUT2D eigenvalue weighted by Crippen LogP contribution is 2.27. The molecule has 8 heteroatoms. The predicted octanol–water partition coefficient (Wildman–Crippen LogP) is 2.98. The van der Waals surface area contributed by atoms with Crippen molar-refractivity contribution in [2.45, 2.75) is 45.4 Å². The zero-order valence-electron chi connectivity index (χ0n) is 19.0. The molecule has 7 nitrogen and oxygen atoms in total. The number of carbonyl (C=O) groups is 1. The fourth-order valence-electron chi connectivity index (χ4n) is 4.31. The highest BCUT2D eigenvalue weighted by molar-refractivity contribution is 7.89. The van der Waals surface area contributed by atoms with E-state index in [2.05, 4.69) is 33.0 Å². The number of benzene rings is 1. The van der Waals surface area contributed by atoms with Gasteiger partial charge in [-0.05, 0) is 48.8 Å². The molecule has 0 aliphatic carbocycles. The molecule has 1 amide bonds. The first-order valence-corrected chi connectivity index (χ1v) is 12.4. The number of rotatable bonds is 6. The Bertz CT molecular complexity index is 1130. The molecule has 0 unspecified atom stereocenters. The molecule has 0 spiro atoms. The Balaban J connectivity index is 2.00. The molecule has 1 aromatic heterocycles. The number of hydrogen-bond acceptors (Lipinski definition) is 4. The molecule has 2 heterocycles. The fraction of sp³-hybridized carbons (Fsp3) is 0.565. The molecule has 1 saturated heterocycles. The molecule has 1 aliphatic heterocycles. The topological polar surface area (TPSA) is 88.5 Å². The van der Waals surface area contributed by atoms with Crippen LogP contribution in [0.5, 0.6) is 0 Å². The van der Waals surface area contributed by atoms with Gasteiger partial charge in [0.1, 0.15) is 5.56 Å². The fourth-order valence-corrected chi connectivity index (χ4v) is 6.02. The van der Waals surface area contributed by atoms with E-state index in [0.29, 0.717) is 31.1 Å². The van der Waals surface area contributed by atoms with Gasteiger partial charge in [0.15, 0.2) is 0 Å². The van der Waals surface area contributed by atoms with E-state index in [0.717, 1.165) is 12.8 Å². The number of fused-ring (bicyclic) bond motifs is 1. The number of hydrogen-bond donors (Lipinski definition) is 1. The summed E-state index contributed by atoms with van der Waals surface area (Å²) in [6, 6.07) is 4.60. The summed E-state index contributed by atoms with van der Waals surface area (Å²) in [5.74, 6) is 0.573. The summed E-state index contributed by atoms with van der Waals surface area (Å²) < 4.78 is 29.8. The second-order valence-electron chi connectivity index (χ2n) is 9.37. The number of amides is 1. The summed E-state index contributed by atoms with van der Waals surface area (Å²) in [5.41, 5.74) is 0.157. The second kappa shape index (κ2) is 9.12. The quantitative estimate of drug-likeness (QED) is 0.737. The number of pyridine rings is 1. The minimum absolute atomic E-state index is 0.0218. The van der Waals surface area contributed by atoms with E-state index < -0.39 is 21.4 Å². The average molecular weight is 448 g/mol. The molecular weight excluding hydrogens is 414 g/mol. The van der Waals surface area contributed by atoms with Crippen molar-refractivity contribution in [3.8, 4) is 0 Å². The van der Waals surface area contributed by atoms with Crippen LogP contribution < -0.4 is 10.7 Å². The van der Waals surface area contributed by atoms with E-state index in [4.69, 9.17) is 0 Å². The molecule has 170 valence electrons. The molecule has 0 bridgehead atoms. The van der Waals surface area contributed by atoms with Gasteiger partial charge >= 0.3 is 0 Å². The maximum absolute atomic E-state index is 13.3. The number of aryl methyl sites for hydroxylation is 1. The van der Waals surface area contributed by atoms with Gasteiger partial charge in [-0.3, -0.25) is 9.59 Å². The Morgan fingerprint density at radius 1 is 1.19 bits per heavy atom. The monoisotopic (exact) mass is 447 g/mol. The average Bonchev–Trinajstić information content (AvgIpc) is 2.69. The number of nitrogens with one attached hydrogen (secondary N) is 1. The van der Waals surface area contributed by atoms with E-state index in [1.807, 2.05) is 0 Å². The molecule has 2 atom stereocenters. The van der Waals surface area contributed by atoms with Crippen molar-refractivity contribution >= 4 is 26.8 Å². The molecule has 1 fully saturated rings. The molecule has 0 radical (unpaired) electrons. The normalized spacial score (nSPS) is 20.3. The second-order valence-corrected chi connectivity index (χ2v) is 11.3. The zero-order valence-corrected chi connectivity index (χ0v) is 19.8. The van der Waals surface area contributed by atoms with Crippen molar-refractivity contribution in [1.82, 2.24) is 14.2 Å². The summed E-state index contributed by atoms with van der Waals surface area (Å²) in [4.78, 5) is 25.8. The van der Waals surface area contributed by atoms with Gasteiger partial charge in [0.25, 0.3) is 5.91 Å². The minimum Gasteiger partial charge on any atom is -0.352 e. The van der Waals surface area contributed by atoms with Crippen LogP contribution in [0, 0.1) is 17.8 Å². The third-order valence-corrected chi connectivity index (χ3v) is 7.71. The first-order chi connectivity index (χ1) is 14.5. The van der Waals surface area contributed by atoms with Crippen molar-refractivity contribution in [2.75, 3.05) is 19.6 Å². The summed E-state index contributed by atoms with van der Waals surface area (Å²) in [5, 5.41) is 3.02. The lowest BCUT2D eigenvalue weighted by Gasteiger charge is -2.34. The predicted molar refractivity (Wildman–Crippen MR) is 123 cm³/mol. The molecule has 1 aromatic carbocycles. The minimum atomic E-state index is -3.72. The number of piperidine rings is 1. The van der Waals surface area contributed by atoms with Crippen LogP contribution in [-0.4, -0.2) is 42.8 Å². The van der Waals surface area contributed by atoms with Crippen LogP contribution in [0.15, 0.2) is 34.1 Å². The number of sulfonamides is 1. The van der Waals surface area contributed by atoms with Gasteiger partial charge in [0, 0.05) is 38.3 Å². The lowest BCUT2D eigenvalue weighted by Crippen LogP contribution is -2.42. The van der Waals surface area contributed by atoms with Gasteiger partial charge in [0.05, 0.1) is 10.4 Å². The summed E-state index contributed by atoms with van der Waals surface area (Å²) in [6.45, 7) is 9.66. The van der Waals surface area contributed by atoms with E-state index in [9.17, 15) is 18.0 Å². The van der Waals surface area contributed by atoms with E-state index in [-0.39, 0.29) is 27.7 Å². The third-order valence-electron chi connectivity index (χ3n) is 5.89. The maximum Gasteiger partial charge on any atom is 0.256 e. The SMILES string of the molecule is CC(C)CCNC(=O)c1cn(C)c2ccc(S(=O)(=O)N3C[C@H](C)C[C@H](C)C3)cc2c1=O. The molecule has 2 aromatic rings. The van der Waals surface area contributed by atoms with E-state index in [1.54, 1.807) is 23.7 Å². The maximum atomic E-state index is 13.3. The molecule has 31 heavy (non-hydrogen) atoms. The van der Waals surface area contributed by atoms with Gasteiger partial charge in [-0.25, -0.2) is 8.42 Å². The largest absolute Gasteiger partial charge is 0.352 e. The Morgan fingerprint density at radius 2 is 1.84 bits per heavy atom. The number of aromatic nitrogens is 1. The van der Waals surface area contributed by atoms with Crippen molar-refractivity contribution < 1.29 is 13.2 Å². The summed E-state index contributed by atoms with van der Waals surface area (Å²) in [7, 11) is -1.98. The molecule has 1 N–H and O–H groups in total. The van der Waals surface area contributed by atoms with Gasteiger partial charge in [-0.2, -0.15) is 4.31 Å². The van der Waals surface area contributed by atoms with Crippen LogP contribution in [-0.2, 0) is 17.1 Å². The van der Waals surface area contributed by atoms with Gasteiger partial charge < -0.3 is 9.88 Å². The first kappa shape index (κ1) is 23.5. The van der Waals surface area contributed by atoms with Crippen LogP contribution in [0.1, 0.15) is 50.9 Å². The summed E-state index contributed by atoms with van der Waals surface area (Å²) >= 11 is 0. The zero-order chi connectivity index (χ0) is 22.9. The van der Waals surface area contributed by atoms with E-state index in [1.165, 1.54) is 16.6 Å². The third kappa shape index (κ3) is 5.01. The highest BCUT2D eigenvalue weighted by atomic mass is 32.2. The van der Waals surface area contributed by atoms with E-state index >= 15 is 0 Å². The Kier molecular flexibility index (Phi) is 6.91. The molecule has 3 rings (SSSR count). The number of carbonyl (C=O) groups excluding carboxylic acids is 1. The molecule has 1 aliphatic rings. The molecular formula is C23H33N3O4S. The number of nitrogens with zero attached hydrogens (tertiary/aromatic N) is 2. The first-order valence-electron chi connectivity index (χ1n) is 10.9. The van der Waals surface area contributed by atoms with Crippen LogP contribution >= 0.6 is 0 Å². The van der Waals surface area contributed by atoms with Crippen LogP contribution in [0.3, 0.4) is 0 Å². The standard InChI is InChI=1S/C23H33N3O4S/c1-15(2)8-9-24-23(28)20-14-25(5)21-7-6-18(11-19(21)22(20)27)31(29,30)26-12-16(3)10-17(4)13-26/h6-7,11,14-17H,8-10,12-13H2,1-5H3,(H,24,28)/t16-,17+. The Labute approximate surface area is 184 Å². The van der Waals surface area contributed by atoms with Crippen molar-refractivity contribution in [2.24, 2.45) is 24.8 Å². The summed E-state index contributed by atoms with van der Waals surface area (Å²) in [6.07, 6.45) is 3.33. The van der Waals surface area contributed by atoms with Gasteiger partial charge in [-0.15, -0.1) is 0 Å². The van der Waals surface area contributed by atoms with Crippen molar-refractivity contribution in [3.05, 3.63) is 40.2 Å². The lowest BCUT2D eigenvalue weighted by molar-refractivity contribution is 0.0950.